The first-order valence-corrected chi connectivity index (χ1v) is 8.36. The molecule has 3 rings (SSSR count). The maximum atomic E-state index is 12.6. The smallest absolute Gasteiger partial charge is 0.251 e. The van der Waals surface area contributed by atoms with Crippen molar-refractivity contribution in [1.82, 2.24) is 10.2 Å². The van der Waals surface area contributed by atoms with Crippen LogP contribution >= 0.6 is 0 Å². The number of likely N-dealkylation sites (tertiary alicyclic amines) is 1. The van der Waals surface area contributed by atoms with E-state index in [1.807, 2.05) is 19.9 Å². The fourth-order valence-corrected chi connectivity index (χ4v) is 3.60. The zero-order chi connectivity index (χ0) is 17.5. The van der Waals surface area contributed by atoms with E-state index in [4.69, 9.17) is 0 Å². The molecular formula is C18H23N3O3. The number of nitrogens with one attached hydrogen (secondary N) is 2. The summed E-state index contributed by atoms with van der Waals surface area (Å²) in [4.78, 5) is 38.2. The number of hydrogen-bond donors (Lipinski definition) is 2. The van der Waals surface area contributed by atoms with E-state index in [1.54, 1.807) is 24.0 Å². The molecule has 1 fully saturated rings. The lowest BCUT2D eigenvalue weighted by atomic mass is 9.73. The standard InChI is InChI=1S/C18H23N3O3/c1-11(2)19-16(23)13-4-5-15-14(10-13)18(17(24)20-15)6-8-21(9-7-18)12(3)22/h4-5,10-11H,6-9H2,1-3H3,(H,19,23)(H,20,24). The minimum absolute atomic E-state index is 0.0258. The highest BCUT2D eigenvalue weighted by Gasteiger charge is 2.48. The molecule has 6 heteroatoms. The van der Waals surface area contributed by atoms with E-state index in [1.165, 1.54) is 0 Å². The summed E-state index contributed by atoms with van der Waals surface area (Å²) in [7, 11) is 0. The molecular weight excluding hydrogens is 306 g/mol. The molecule has 2 N–H and O–H groups in total. The fraction of sp³-hybridized carbons (Fsp3) is 0.500. The van der Waals surface area contributed by atoms with Crippen molar-refractivity contribution < 1.29 is 14.4 Å². The molecule has 2 aliphatic rings. The Morgan fingerprint density at radius 1 is 1.25 bits per heavy atom. The molecule has 1 saturated heterocycles. The Balaban J connectivity index is 1.92. The lowest BCUT2D eigenvalue weighted by Crippen LogP contribution is -2.47. The van der Waals surface area contributed by atoms with E-state index in [-0.39, 0.29) is 23.8 Å². The number of benzene rings is 1. The number of piperidine rings is 1. The highest BCUT2D eigenvalue weighted by atomic mass is 16.2. The van der Waals surface area contributed by atoms with E-state index >= 15 is 0 Å². The Morgan fingerprint density at radius 2 is 1.92 bits per heavy atom. The SMILES string of the molecule is CC(=O)N1CCC2(CC1)C(=O)Nc1ccc(C(=O)NC(C)C)cc12. The molecule has 24 heavy (non-hydrogen) atoms. The second kappa shape index (κ2) is 5.92. The Labute approximate surface area is 141 Å². The van der Waals surface area contributed by atoms with Crippen LogP contribution < -0.4 is 10.6 Å². The molecule has 0 bridgehead atoms. The van der Waals surface area contributed by atoms with E-state index in [0.29, 0.717) is 31.5 Å². The molecule has 128 valence electrons. The number of nitrogens with zero attached hydrogens (tertiary/aromatic N) is 1. The maximum absolute atomic E-state index is 12.6. The topological polar surface area (TPSA) is 78.5 Å². The van der Waals surface area contributed by atoms with Crippen LogP contribution in [-0.4, -0.2) is 41.8 Å². The summed E-state index contributed by atoms with van der Waals surface area (Å²) in [6.07, 6.45) is 1.17. The molecule has 0 unspecified atom stereocenters. The van der Waals surface area contributed by atoms with E-state index in [0.717, 1.165) is 11.3 Å². The van der Waals surface area contributed by atoms with Crippen molar-refractivity contribution in [3.8, 4) is 0 Å². The Morgan fingerprint density at radius 3 is 2.50 bits per heavy atom. The third-order valence-electron chi connectivity index (χ3n) is 4.96. The maximum Gasteiger partial charge on any atom is 0.251 e. The molecule has 1 aromatic rings. The average molecular weight is 329 g/mol. The number of carbonyl (C=O) groups excluding carboxylic acids is 3. The van der Waals surface area contributed by atoms with Gasteiger partial charge in [-0.2, -0.15) is 0 Å². The normalized spacial score (nSPS) is 18.5. The predicted octanol–water partition coefficient (Wildman–Crippen LogP) is 1.66. The van der Waals surface area contributed by atoms with Gasteiger partial charge in [0, 0.05) is 37.3 Å². The lowest BCUT2D eigenvalue weighted by molar-refractivity contribution is -0.133. The summed E-state index contributed by atoms with van der Waals surface area (Å²) in [5.41, 5.74) is 1.59. The predicted molar refractivity (Wildman–Crippen MR) is 90.8 cm³/mol. The third kappa shape index (κ3) is 2.66. The third-order valence-corrected chi connectivity index (χ3v) is 4.96. The van der Waals surface area contributed by atoms with E-state index < -0.39 is 5.41 Å². The van der Waals surface area contributed by atoms with Crippen LogP contribution in [0.25, 0.3) is 0 Å². The Kier molecular flexibility index (Phi) is 4.07. The van der Waals surface area contributed by atoms with Crippen LogP contribution in [0.4, 0.5) is 5.69 Å². The van der Waals surface area contributed by atoms with Gasteiger partial charge in [0.25, 0.3) is 5.91 Å². The van der Waals surface area contributed by atoms with Gasteiger partial charge in [-0.1, -0.05) is 0 Å². The number of rotatable bonds is 2. The van der Waals surface area contributed by atoms with Gasteiger partial charge >= 0.3 is 0 Å². The summed E-state index contributed by atoms with van der Waals surface area (Å²) < 4.78 is 0. The van der Waals surface area contributed by atoms with Crippen LogP contribution in [0.2, 0.25) is 0 Å². The molecule has 1 aromatic carbocycles. The second-order valence-corrected chi connectivity index (χ2v) is 6.93. The molecule has 1 spiro atoms. The molecule has 6 nitrogen and oxygen atoms in total. The Hall–Kier alpha value is -2.37. The minimum Gasteiger partial charge on any atom is -0.350 e. The quantitative estimate of drug-likeness (QED) is 0.866. The highest BCUT2D eigenvalue weighted by molar-refractivity contribution is 6.07. The summed E-state index contributed by atoms with van der Waals surface area (Å²) >= 11 is 0. The molecule has 0 aromatic heterocycles. The monoisotopic (exact) mass is 329 g/mol. The van der Waals surface area contributed by atoms with Gasteiger partial charge in [-0.3, -0.25) is 14.4 Å². The van der Waals surface area contributed by atoms with Crippen LogP contribution in [0.1, 0.15) is 49.5 Å². The van der Waals surface area contributed by atoms with Crippen LogP contribution in [0.15, 0.2) is 18.2 Å². The number of carbonyl (C=O) groups is 3. The van der Waals surface area contributed by atoms with Crippen LogP contribution in [0.3, 0.4) is 0 Å². The lowest BCUT2D eigenvalue weighted by Gasteiger charge is -2.37. The first-order chi connectivity index (χ1) is 11.3. The summed E-state index contributed by atoms with van der Waals surface area (Å²) in [6, 6.07) is 5.42. The number of amides is 3. The summed E-state index contributed by atoms with van der Waals surface area (Å²) in [5.74, 6) is -0.126. The van der Waals surface area contributed by atoms with Gasteiger partial charge in [0.1, 0.15) is 0 Å². The van der Waals surface area contributed by atoms with Gasteiger partial charge < -0.3 is 15.5 Å². The van der Waals surface area contributed by atoms with Gasteiger partial charge in [-0.05, 0) is 50.5 Å². The van der Waals surface area contributed by atoms with Crippen molar-refractivity contribution in [2.75, 3.05) is 18.4 Å². The van der Waals surface area contributed by atoms with Crippen molar-refractivity contribution in [3.63, 3.8) is 0 Å². The molecule has 0 atom stereocenters. The first kappa shape index (κ1) is 16.5. The van der Waals surface area contributed by atoms with Crippen molar-refractivity contribution in [2.24, 2.45) is 0 Å². The number of anilines is 1. The van der Waals surface area contributed by atoms with Crippen LogP contribution in [0.5, 0.6) is 0 Å². The molecule has 0 radical (unpaired) electrons. The summed E-state index contributed by atoms with van der Waals surface area (Å²) in [5, 5.41) is 5.81. The number of hydrogen-bond acceptors (Lipinski definition) is 3. The van der Waals surface area contributed by atoms with Gasteiger partial charge in [0.15, 0.2) is 0 Å². The van der Waals surface area contributed by atoms with E-state index in [2.05, 4.69) is 10.6 Å². The fourth-order valence-electron chi connectivity index (χ4n) is 3.60. The zero-order valence-electron chi connectivity index (χ0n) is 14.3. The van der Waals surface area contributed by atoms with Crippen molar-refractivity contribution in [2.45, 2.75) is 45.1 Å². The average Bonchev–Trinajstić information content (AvgIpc) is 2.79. The van der Waals surface area contributed by atoms with Crippen LogP contribution in [-0.2, 0) is 15.0 Å². The van der Waals surface area contributed by atoms with Crippen LogP contribution in [0, 0.1) is 0 Å². The first-order valence-electron chi connectivity index (χ1n) is 8.36. The summed E-state index contributed by atoms with van der Waals surface area (Å²) in [6.45, 7) is 6.49. The van der Waals surface area contributed by atoms with Crippen molar-refractivity contribution in [3.05, 3.63) is 29.3 Å². The van der Waals surface area contributed by atoms with Gasteiger partial charge in [-0.25, -0.2) is 0 Å². The molecule has 3 amide bonds. The highest BCUT2D eigenvalue weighted by Crippen LogP contribution is 2.45. The largest absolute Gasteiger partial charge is 0.350 e. The van der Waals surface area contributed by atoms with Gasteiger partial charge in [-0.15, -0.1) is 0 Å². The minimum atomic E-state index is -0.630. The van der Waals surface area contributed by atoms with Gasteiger partial charge in [0.2, 0.25) is 11.8 Å². The molecule has 0 saturated carbocycles. The van der Waals surface area contributed by atoms with Crippen molar-refractivity contribution >= 4 is 23.4 Å². The van der Waals surface area contributed by atoms with E-state index in [9.17, 15) is 14.4 Å². The molecule has 2 heterocycles. The Bertz CT molecular complexity index is 703. The zero-order valence-corrected chi connectivity index (χ0v) is 14.3. The number of fused-ring (bicyclic) bond motifs is 2. The molecule has 2 aliphatic heterocycles. The second-order valence-electron chi connectivity index (χ2n) is 6.93. The molecule has 0 aliphatic carbocycles. The van der Waals surface area contributed by atoms with Crippen molar-refractivity contribution in [1.29, 1.82) is 0 Å². The van der Waals surface area contributed by atoms with Gasteiger partial charge in [0.05, 0.1) is 5.41 Å².